The Hall–Kier alpha value is -1.10. The van der Waals surface area contributed by atoms with Crippen molar-refractivity contribution in [2.24, 2.45) is 5.92 Å². The van der Waals surface area contributed by atoms with Gasteiger partial charge < -0.3 is 15.5 Å². The number of piperidine rings is 1. The summed E-state index contributed by atoms with van der Waals surface area (Å²) in [4.78, 5) is 25.3. The first-order chi connectivity index (χ1) is 9.16. The fourth-order valence-corrected chi connectivity index (χ4v) is 2.92. The molecule has 0 aromatic rings. The number of carbonyl (C=O) groups excluding carboxylic acids is 2. The van der Waals surface area contributed by atoms with Gasteiger partial charge in [0.1, 0.15) is 0 Å². The van der Waals surface area contributed by atoms with Crippen LogP contribution in [0.3, 0.4) is 0 Å². The maximum atomic E-state index is 11.8. The van der Waals surface area contributed by atoms with Crippen molar-refractivity contribution in [2.45, 2.75) is 45.1 Å². The van der Waals surface area contributed by atoms with Crippen molar-refractivity contribution < 1.29 is 9.59 Å². The highest BCUT2D eigenvalue weighted by atomic mass is 16.2. The first kappa shape index (κ1) is 14.3. The molecule has 5 nitrogen and oxygen atoms in total. The van der Waals surface area contributed by atoms with Crippen molar-refractivity contribution in [3.05, 3.63) is 0 Å². The zero-order valence-corrected chi connectivity index (χ0v) is 11.8. The summed E-state index contributed by atoms with van der Waals surface area (Å²) in [5.74, 6) is -0.159. The minimum Gasteiger partial charge on any atom is -0.356 e. The minimum absolute atomic E-state index is 0.0118. The number of carbonyl (C=O) groups is 2. The molecule has 2 amide bonds. The highest BCUT2D eigenvalue weighted by Crippen LogP contribution is 2.16. The Morgan fingerprint density at radius 1 is 1.47 bits per heavy atom. The summed E-state index contributed by atoms with van der Waals surface area (Å²) in [5, 5.41) is 5.63. The van der Waals surface area contributed by atoms with Gasteiger partial charge >= 0.3 is 0 Å². The molecule has 0 bridgehead atoms. The van der Waals surface area contributed by atoms with Gasteiger partial charge in [0, 0.05) is 32.1 Å². The number of rotatable bonds is 5. The van der Waals surface area contributed by atoms with Crippen LogP contribution in [-0.2, 0) is 9.59 Å². The van der Waals surface area contributed by atoms with Crippen LogP contribution in [0.25, 0.3) is 0 Å². The monoisotopic (exact) mass is 267 g/mol. The lowest BCUT2D eigenvalue weighted by Gasteiger charge is -2.33. The molecule has 0 spiro atoms. The van der Waals surface area contributed by atoms with Crippen LogP contribution in [0.1, 0.15) is 39.0 Å². The molecular formula is C14H25N3O2. The zero-order valence-electron chi connectivity index (χ0n) is 11.8. The van der Waals surface area contributed by atoms with Crippen LogP contribution in [0.15, 0.2) is 0 Å². The van der Waals surface area contributed by atoms with Crippen molar-refractivity contribution >= 4 is 11.8 Å². The van der Waals surface area contributed by atoms with E-state index in [1.807, 2.05) is 0 Å². The van der Waals surface area contributed by atoms with Crippen LogP contribution in [0.4, 0.5) is 0 Å². The number of amides is 2. The first-order valence-corrected chi connectivity index (χ1v) is 7.45. The van der Waals surface area contributed by atoms with Gasteiger partial charge in [-0.25, -0.2) is 0 Å². The Morgan fingerprint density at radius 2 is 2.32 bits per heavy atom. The average Bonchev–Trinajstić information content (AvgIpc) is 2.83. The lowest BCUT2D eigenvalue weighted by atomic mass is 10.0. The van der Waals surface area contributed by atoms with Crippen molar-refractivity contribution in [3.8, 4) is 0 Å². The standard InChI is InChI=1S/C14H25N3O2/c1-11-5-2-3-7-17(11)8-4-6-15-14(19)12-9-13(18)16-10-12/h11-12H,2-10H2,1H3,(H,15,19)(H,16,18). The number of likely N-dealkylation sites (tertiary alicyclic amines) is 1. The second-order valence-electron chi connectivity index (χ2n) is 5.73. The van der Waals surface area contributed by atoms with Gasteiger partial charge in [0.2, 0.25) is 11.8 Å². The molecule has 2 rings (SSSR count). The molecule has 108 valence electrons. The molecule has 19 heavy (non-hydrogen) atoms. The largest absolute Gasteiger partial charge is 0.356 e. The van der Waals surface area contributed by atoms with Gasteiger partial charge in [-0.3, -0.25) is 9.59 Å². The maximum Gasteiger partial charge on any atom is 0.225 e. The van der Waals surface area contributed by atoms with E-state index in [1.165, 1.54) is 25.8 Å². The third kappa shape index (κ3) is 4.20. The van der Waals surface area contributed by atoms with Crippen molar-refractivity contribution in [3.63, 3.8) is 0 Å². The highest BCUT2D eigenvalue weighted by Gasteiger charge is 2.27. The number of nitrogens with one attached hydrogen (secondary N) is 2. The van der Waals surface area contributed by atoms with Gasteiger partial charge in [0.05, 0.1) is 5.92 Å². The SMILES string of the molecule is CC1CCCCN1CCCNC(=O)C1CNC(=O)C1. The van der Waals surface area contributed by atoms with Crippen LogP contribution in [-0.4, -0.2) is 48.9 Å². The molecule has 2 saturated heterocycles. The van der Waals surface area contributed by atoms with E-state index < -0.39 is 0 Å². The second kappa shape index (κ2) is 6.89. The van der Waals surface area contributed by atoms with E-state index in [4.69, 9.17) is 0 Å². The molecule has 2 aliphatic rings. The summed E-state index contributed by atoms with van der Waals surface area (Å²) in [5.41, 5.74) is 0. The molecule has 2 unspecified atom stereocenters. The predicted octanol–water partition coefficient (Wildman–Crippen LogP) is 0.503. The number of nitrogens with zero attached hydrogens (tertiary/aromatic N) is 1. The first-order valence-electron chi connectivity index (χ1n) is 7.45. The molecule has 0 aromatic heterocycles. The van der Waals surface area contributed by atoms with Gasteiger partial charge in [-0.15, -0.1) is 0 Å². The van der Waals surface area contributed by atoms with Crippen molar-refractivity contribution in [1.29, 1.82) is 0 Å². The Morgan fingerprint density at radius 3 is 3.00 bits per heavy atom. The normalized spacial score (nSPS) is 28.2. The number of hydrogen-bond donors (Lipinski definition) is 2. The van der Waals surface area contributed by atoms with Crippen LogP contribution >= 0.6 is 0 Å². The molecule has 2 aliphatic heterocycles. The van der Waals surface area contributed by atoms with Gasteiger partial charge in [-0.05, 0) is 32.7 Å². The van der Waals surface area contributed by atoms with Gasteiger partial charge in [0.15, 0.2) is 0 Å². The third-order valence-electron chi connectivity index (χ3n) is 4.21. The molecule has 0 radical (unpaired) electrons. The second-order valence-corrected chi connectivity index (χ2v) is 5.73. The summed E-state index contributed by atoms with van der Waals surface area (Å²) >= 11 is 0. The summed E-state index contributed by atoms with van der Waals surface area (Å²) in [6.45, 7) is 5.74. The average molecular weight is 267 g/mol. The van der Waals surface area contributed by atoms with E-state index in [-0.39, 0.29) is 17.7 Å². The summed E-state index contributed by atoms with van der Waals surface area (Å²) in [6, 6.07) is 0.682. The van der Waals surface area contributed by atoms with Crippen molar-refractivity contribution in [1.82, 2.24) is 15.5 Å². The Kier molecular flexibility index (Phi) is 5.19. The van der Waals surface area contributed by atoms with E-state index >= 15 is 0 Å². The summed E-state index contributed by atoms with van der Waals surface area (Å²) in [7, 11) is 0. The quantitative estimate of drug-likeness (QED) is 0.713. The smallest absolute Gasteiger partial charge is 0.225 e. The van der Waals surface area contributed by atoms with E-state index in [9.17, 15) is 9.59 Å². The number of hydrogen-bond acceptors (Lipinski definition) is 3. The molecule has 0 saturated carbocycles. The molecule has 0 aromatic carbocycles. The fourth-order valence-electron chi connectivity index (χ4n) is 2.92. The maximum absolute atomic E-state index is 11.8. The van der Waals surface area contributed by atoms with Crippen LogP contribution in [0, 0.1) is 5.92 Å². The molecule has 2 N–H and O–H groups in total. The molecule has 2 atom stereocenters. The van der Waals surface area contributed by atoms with E-state index in [2.05, 4.69) is 22.5 Å². The third-order valence-corrected chi connectivity index (χ3v) is 4.21. The summed E-state index contributed by atoms with van der Waals surface area (Å²) in [6.07, 6.45) is 5.27. The van der Waals surface area contributed by atoms with Gasteiger partial charge in [-0.2, -0.15) is 0 Å². The Bertz CT molecular complexity index is 333. The van der Waals surface area contributed by atoms with Gasteiger partial charge in [-0.1, -0.05) is 6.42 Å². The molecule has 0 aliphatic carbocycles. The lowest BCUT2D eigenvalue weighted by Crippen LogP contribution is -2.40. The Labute approximate surface area is 115 Å². The Balaban J connectivity index is 1.58. The van der Waals surface area contributed by atoms with Gasteiger partial charge in [0.25, 0.3) is 0 Å². The zero-order chi connectivity index (χ0) is 13.7. The molecule has 5 heteroatoms. The van der Waals surface area contributed by atoms with Crippen LogP contribution in [0.2, 0.25) is 0 Å². The predicted molar refractivity (Wildman–Crippen MR) is 73.6 cm³/mol. The van der Waals surface area contributed by atoms with E-state index in [0.717, 1.165) is 13.0 Å². The molecular weight excluding hydrogens is 242 g/mol. The minimum atomic E-state index is -0.165. The summed E-state index contributed by atoms with van der Waals surface area (Å²) < 4.78 is 0. The topological polar surface area (TPSA) is 61.4 Å². The molecule has 2 fully saturated rings. The highest BCUT2D eigenvalue weighted by molar-refractivity contribution is 5.89. The van der Waals surface area contributed by atoms with E-state index in [0.29, 0.717) is 25.6 Å². The fraction of sp³-hybridized carbons (Fsp3) is 0.857. The van der Waals surface area contributed by atoms with Crippen LogP contribution in [0.5, 0.6) is 0 Å². The molecule has 2 heterocycles. The van der Waals surface area contributed by atoms with Crippen LogP contribution < -0.4 is 10.6 Å². The van der Waals surface area contributed by atoms with Crippen molar-refractivity contribution in [2.75, 3.05) is 26.2 Å². The van der Waals surface area contributed by atoms with E-state index in [1.54, 1.807) is 0 Å². The lowest BCUT2D eigenvalue weighted by molar-refractivity contribution is -0.126.